The molecule has 0 saturated carbocycles. The number of nitrogens with zero attached hydrogens (tertiary/aromatic N) is 1. The molecule has 0 aliphatic rings. The SMILES string of the molecule is NCCCc1ccc(S(=O)(=O)Nc2ncccc2Br)cc1. The largest absolute Gasteiger partial charge is 0.330 e. The Balaban J connectivity index is 2.18. The van der Waals surface area contributed by atoms with Crippen molar-refractivity contribution in [1.29, 1.82) is 0 Å². The number of nitrogens with two attached hydrogens (primary N) is 1. The van der Waals surface area contributed by atoms with Crippen molar-refractivity contribution in [3.05, 3.63) is 52.6 Å². The molecule has 0 unspecified atom stereocenters. The van der Waals surface area contributed by atoms with Gasteiger partial charge in [0.2, 0.25) is 0 Å². The summed E-state index contributed by atoms with van der Waals surface area (Å²) in [5.41, 5.74) is 6.53. The summed E-state index contributed by atoms with van der Waals surface area (Å²) in [4.78, 5) is 4.20. The van der Waals surface area contributed by atoms with Gasteiger partial charge in [-0.1, -0.05) is 12.1 Å². The number of sulfonamides is 1. The van der Waals surface area contributed by atoms with Gasteiger partial charge >= 0.3 is 0 Å². The molecule has 0 fully saturated rings. The lowest BCUT2D eigenvalue weighted by Crippen LogP contribution is -2.14. The minimum Gasteiger partial charge on any atom is -0.330 e. The van der Waals surface area contributed by atoms with Gasteiger partial charge in [-0.15, -0.1) is 0 Å². The van der Waals surface area contributed by atoms with Gasteiger partial charge in [0.1, 0.15) is 0 Å². The van der Waals surface area contributed by atoms with Gasteiger partial charge in [0.25, 0.3) is 10.0 Å². The van der Waals surface area contributed by atoms with E-state index >= 15 is 0 Å². The molecule has 1 aromatic carbocycles. The van der Waals surface area contributed by atoms with Crippen LogP contribution in [-0.4, -0.2) is 19.9 Å². The number of aromatic nitrogens is 1. The van der Waals surface area contributed by atoms with Crippen LogP contribution in [0.2, 0.25) is 0 Å². The van der Waals surface area contributed by atoms with E-state index < -0.39 is 10.0 Å². The molecular weight excluding hydrogens is 354 g/mol. The van der Waals surface area contributed by atoms with Gasteiger partial charge in [0.15, 0.2) is 5.82 Å². The Hall–Kier alpha value is -1.44. The predicted octanol–water partition coefficient (Wildman–Crippen LogP) is 2.54. The fourth-order valence-electron chi connectivity index (χ4n) is 1.79. The fraction of sp³-hybridized carbons (Fsp3) is 0.214. The third kappa shape index (κ3) is 4.26. The first-order chi connectivity index (χ1) is 10.0. The standard InChI is InChI=1S/C14H16BrN3O2S/c15-13-4-2-10-17-14(13)18-21(19,20)12-7-5-11(6-8-12)3-1-9-16/h2,4-8,10H,1,3,9,16H2,(H,17,18). The fourth-order valence-corrected chi connectivity index (χ4v) is 3.30. The Labute approximate surface area is 132 Å². The number of nitrogens with one attached hydrogen (secondary N) is 1. The van der Waals surface area contributed by atoms with E-state index in [1.165, 1.54) is 6.20 Å². The molecule has 2 rings (SSSR count). The molecule has 7 heteroatoms. The van der Waals surface area contributed by atoms with Crippen molar-refractivity contribution >= 4 is 31.8 Å². The molecule has 2 aromatic rings. The number of aryl methyl sites for hydroxylation is 1. The van der Waals surface area contributed by atoms with Crippen molar-refractivity contribution in [2.75, 3.05) is 11.3 Å². The molecule has 1 aromatic heterocycles. The zero-order valence-corrected chi connectivity index (χ0v) is 13.7. The number of anilines is 1. The number of benzene rings is 1. The lowest BCUT2D eigenvalue weighted by molar-refractivity contribution is 0.601. The maximum Gasteiger partial charge on any atom is 0.263 e. The Morgan fingerprint density at radius 3 is 2.52 bits per heavy atom. The van der Waals surface area contributed by atoms with Crippen LogP contribution in [0.25, 0.3) is 0 Å². The summed E-state index contributed by atoms with van der Waals surface area (Å²) >= 11 is 3.26. The highest BCUT2D eigenvalue weighted by atomic mass is 79.9. The Morgan fingerprint density at radius 1 is 1.19 bits per heavy atom. The second-order valence-corrected chi connectivity index (χ2v) is 7.01. The molecule has 0 aliphatic heterocycles. The molecule has 0 bridgehead atoms. The van der Waals surface area contributed by atoms with Crippen molar-refractivity contribution in [2.24, 2.45) is 5.73 Å². The number of hydrogen-bond acceptors (Lipinski definition) is 4. The van der Waals surface area contributed by atoms with Gasteiger partial charge in [-0.25, -0.2) is 13.4 Å². The number of halogens is 1. The van der Waals surface area contributed by atoms with Crippen molar-refractivity contribution in [2.45, 2.75) is 17.7 Å². The van der Waals surface area contributed by atoms with Gasteiger partial charge in [-0.2, -0.15) is 0 Å². The molecular formula is C14H16BrN3O2S. The summed E-state index contributed by atoms with van der Waals surface area (Å²) in [6.45, 7) is 0.620. The molecule has 5 nitrogen and oxygen atoms in total. The summed E-state index contributed by atoms with van der Waals surface area (Å²) < 4.78 is 27.6. The first-order valence-electron chi connectivity index (χ1n) is 6.45. The quantitative estimate of drug-likeness (QED) is 0.818. The molecule has 0 spiro atoms. The zero-order valence-electron chi connectivity index (χ0n) is 11.3. The molecule has 21 heavy (non-hydrogen) atoms. The smallest absolute Gasteiger partial charge is 0.263 e. The minimum atomic E-state index is -3.64. The number of hydrogen-bond donors (Lipinski definition) is 2. The van der Waals surface area contributed by atoms with Crippen LogP contribution in [0, 0.1) is 0 Å². The summed E-state index contributed by atoms with van der Waals surface area (Å²) in [6, 6.07) is 10.2. The summed E-state index contributed by atoms with van der Waals surface area (Å²) in [7, 11) is -3.64. The van der Waals surface area contributed by atoms with E-state index in [0.29, 0.717) is 11.0 Å². The molecule has 3 N–H and O–H groups in total. The second-order valence-electron chi connectivity index (χ2n) is 4.48. The monoisotopic (exact) mass is 369 g/mol. The first-order valence-corrected chi connectivity index (χ1v) is 8.73. The first kappa shape index (κ1) is 15.9. The van der Waals surface area contributed by atoms with E-state index in [1.54, 1.807) is 36.4 Å². The maximum absolute atomic E-state index is 12.3. The molecule has 0 amide bonds. The molecule has 0 atom stereocenters. The minimum absolute atomic E-state index is 0.205. The lowest BCUT2D eigenvalue weighted by Gasteiger charge is -2.09. The van der Waals surface area contributed by atoms with Crippen molar-refractivity contribution in [3.8, 4) is 0 Å². The third-order valence-electron chi connectivity index (χ3n) is 2.89. The van der Waals surface area contributed by atoms with Gasteiger partial charge < -0.3 is 5.73 Å². The second kappa shape index (κ2) is 7.02. The zero-order chi connectivity index (χ0) is 15.3. The van der Waals surface area contributed by atoms with Crippen LogP contribution in [0.15, 0.2) is 52.0 Å². The van der Waals surface area contributed by atoms with Crippen LogP contribution >= 0.6 is 15.9 Å². The van der Waals surface area contributed by atoms with Gasteiger partial charge in [0.05, 0.1) is 9.37 Å². The van der Waals surface area contributed by atoms with Crippen LogP contribution in [-0.2, 0) is 16.4 Å². The van der Waals surface area contributed by atoms with Crippen molar-refractivity contribution < 1.29 is 8.42 Å². The summed E-state index contributed by atoms with van der Waals surface area (Å²) in [6.07, 6.45) is 3.25. The molecule has 1 heterocycles. The van der Waals surface area contributed by atoms with Gasteiger partial charge in [0, 0.05) is 6.20 Å². The van der Waals surface area contributed by atoms with Crippen LogP contribution in [0.1, 0.15) is 12.0 Å². The molecule has 0 aliphatic carbocycles. The van der Waals surface area contributed by atoms with Crippen LogP contribution < -0.4 is 10.5 Å². The van der Waals surface area contributed by atoms with E-state index in [-0.39, 0.29) is 10.7 Å². The highest BCUT2D eigenvalue weighted by molar-refractivity contribution is 9.10. The van der Waals surface area contributed by atoms with E-state index in [0.717, 1.165) is 18.4 Å². The van der Waals surface area contributed by atoms with E-state index in [2.05, 4.69) is 25.6 Å². The summed E-state index contributed by atoms with van der Waals surface area (Å²) in [5.74, 6) is 0.268. The highest BCUT2D eigenvalue weighted by Crippen LogP contribution is 2.22. The van der Waals surface area contributed by atoms with E-state index in [9.17, 15) is 8.42 Å². The molecule has 0 radical (unpaired) electrons. The Bertz CT molecular complexity index is 702. The van der Waals surface area contributed by atoms with Crippen molar-refractivity contribution in [1.82, 2.24) is 4.98 Å². The van der Waals surface area contributed by atoms with Crippen LogP contribution in [0.4, 0.5) is 5.82 Å². The third-order valence-corrected chi connectivity index (χ3v) is 4.89. The van der Waals surface area contributed by atoms with Crippen molar-refractivity contribution in [3.63, 3.8) is 0 Å². The number of pyridine rings is 1. The lowest BCUT2D eigenvalue weighted by atomic mass is 10.1. The van der Waals surface area contributed by atoms with Gasteiger partial charge in [-0.05, 0) is 65.1 Å². The average molecular weight is 370 g/mol. The van der Waals surface area contributed by atoms with E-state index in [1.807, 2.05) is 0 Å². The maximum atomic E-state index is 12.3. The van der Waals surface area contributed by atoms with Crippen LogP contribution in [0.3, 0.4) is 0 Å². The topological polar surface area (TPSA) is 85.1 Å². The van der Waals surface area contributed by atoms with Gasteiger partial charge in [-0.3, -0.25) is 4.72 Å². The Morgan fingerprint density at radius 2 is 1.90 bits per heavy atom. The predicted molar refractivity (Wildman–Crippen MR) is 86.6 cm³/mol. The molecule has 0 saturated heterocycles. The number of rotatable bonds is 6. The average Bonchev–Trinajstić information content (AvgIpc) is 2.48. The normalized spacial score (nSPS) is 11.3. The highest BCUT2D eigenvalue weighted by Gasteiger charge is 2.16. The molecule has 112 valence electrons. The van der Waals surface area contributed by atoms with E-state index in [4.69, 9.17) is 5.73 Å². The summed E-state index contributed by atoms with van der Waals surface area (Å²) in [5, 5.41) is 0. The Kier molecular flexibility index (Phi) is 5.33. The van der Waals surface area contributed by atoms with Crippen LogP contribution in [0.5, 0.6) is 0 Å².